The van der Waals surface area contributed by atoms with Crippen molar-refractivity contribution in [3.63, 3.8) is 0 Å². The molecule has 0 fully saturated rings. The van der Waals surface area contributed by atoms with E-state index in [4.69, 9.17) is 19.9 Å². The molecule has 0 saturated heterocycles. The number of para-hydroxylation sites is 2. The summed E-state index contributed by atoms with van der Waals surface area (Å²) < 4.78 is 0. The Morgan fingerprint density at radius 1 is 0.279 bits per heavy atom. The lowest BCUT2D eigenvalue weighted by molar-refractivity contribution is 1.22. The van der Waals surface area contributed by atoms with E-state index in [1.165, 1.54) is 16.7 Å². The number of pyridine rings is 2. The van der Waals surface area contributed by atoms with Crippen LogP contribution in [-0.2, 0) is 0 Å². The molecule has 0 amide bonds. The fraction of sp³-hybridized carbons (Fsp3) is 0.0312. The monoisotopic (exact) mass is 868 g/mol. The first-order valence-electron chi connectivity index (χ1n) is 23.1. The lowest BCUT2D eigenvalue weighted by atomic mass is 9.91. The van der Waals surface area contributed by atoms with Crippen LogP contribution in [-0.4, -0.2) is 19.9 Å². The van der Waals surface area contributed by atoms with Gasteiger partial charge in [-0.3, -0.25) is 9.97 Å². The molecule has 0 spiro atoms. The summed E-state index contributed by atoms with van der Waals surface area (Å²) in [5.74, 6) is 0.667. The molecule has 0 bridgehead atoms. The van der Waals surface area contributed by atoms with Crippen LogP contribution in [0.5, 0.6) is 0 Å². The van der Waals surface area contributed by atoms with Crippen molar-refractivity contribution in [3.8, 4) is 89.4 Å². The number of hydrogen-bond donors (Lipinski definition) is 0. The van der Waals surface area contributed by atoms with Gasteiger partial charge in [0.25, 0.3) is 0 Å². The molecular formula is C64H44N4. The van der Waals surface area contributed by atoms with Crippen molar-refractivity contribution in [1.82, 2.24) is 19.9 Å². The number of aryl methyl sites for hydroxylation is 2. The van der Waals surface area contributed by atoms with Crippen molar-refractivity contribution in [3.05, 3.63) is 242 Å². The molecule has 0 radical (unpaired) electrons. The van der Waals surface area contributed by atoms with Gasteiger partial charge in [0.2, 0.25) is 0 Å². The summed E-state index contributed by atoms with van der Waals surface area (Å²) in [6, 6.07) is 77.8. The Kier molecular flexibility index (Phi) is 10.3. The highest BCUT2D eigenvalue weighted by atomic mass is 14.9. The summed E-state index contributed by atoms with van der Waals surface area (Å²) in [7, 11) is 0. The van der Waals surface area contributed by atoms with Crippen molar-refractivity contribution in [1.29, 1.82) is 0 Å². The first-order chi connectivity index (χ1) is 33.5. The van der Waals surface area contributed by atoms with Gasteiger partial charge in [0, 0.05) is 56.4 Å². The predicted octanol–water partition coefficient (Wildman–Crippen LogP) is 16.7. The second-order valence-corrected chi connectivity index (χ2v) is 17.5. The zero-order chi connectivity index (χ0) is 45.6. The lowest BCUT2D eigenvalue weighted by Gasteiger charge is -2.17. The van der Waals surface area contributed by atoms with E-state index in [1.54, 1.807) is 0 Å². The number of fused-ring (bicyclic) bond motifs is 3. The van der Waals surface area contributed by atoms with E-state index in [-0.39, 0.29) is 0 Å². The largest absolute Gasteiger partial charge is 0.256 e. The predicted molar refractivity (Wildman–Crippen MR) is 283 cm³/mol. The third kappa shape index (κ3) is 7.48. The van der Waals surface area contributed by atoms with Gasteiger partial charge >= 0.3 is 0 Å². The normalized spacial score (nSPS) is 11.4. The quantitative estimate of drug-likeness (QED) is 0.153. The van der Waals surface area contributed by atoms with Crippen molar-refractivity contribution < 1.29 is 0 Å². The number of aromatic nitrogens is 4. The van der Waals surface area contributed by atoms with E-state index in [0.29, 0.717) is 5.82 Å². The van der Waals surface area contributed by atoms with Gasteiger partial charge in [0.1, 0.15) is 0 Å². The third-order valence-electron chi connectivity index (χ3n) is 13.3. The first kappa shape index (κ1) is 40.6. The Morgan fingerprint density at radius 3 is 1.28 bits per heavy atom. The first-order valence-corrected chi connectivity index (χ1v) is 23.1. The average molecular weight is 869 g/mol. The van der Waals surface area contributed by atoms with Gasteiger partial charge in [-0.25, -0.2) is 9.97 Å². The molecule has 0 saturated carbocycles. The summed E-state index contributed by atoms with van der Waals surface area (Å²) in [5.41, 5.74) is 21.5. The van der Waals surface area contributed by atoms with E-state index in [1.807, 2.05) is 24.5 Å². The summed E-state index contributed by atoms with van der Waals surface area (Å²) >= 11 is 0. The van der Waals surface area contributed by atoms with Gasteiger partial charge in [-0.05, 0) is 111 Å². The zero-order valence-electron chi connectivity index (χ0n) is 37.7. The molecule has 9 aromatic carbocycles. The summed E-state index contributed by atoms with van der Waals surface area (Å²) in [6.07, 6.45) is 3.74. The van der Waals surface area contributed by atoms with Gasteiger partial charge < -0.3 is 0 Å². The van der Waals surface area contributed by atoms with Gasteiger partial charge in [0.15, 0.2) is 5.82 Å². The van der Waals surface area contributed by atoms with E-state index in [9.17, 15) is 0 Å². The Labute approximate surface area is 396 Å². The average Bonchev–Trinajstić information content (AvgIpc) is 3.40. The molecule has 4 heteroatoms. The molecule has 4 nitrogen and oxygen atoms in total. The van der Waals surface area contributed by atoms with Crippen molar-refractivity contribution in [2.75, 3.05) is 0 Å². The minimum Gasteiger partial charge on any atom is -0.256 e. The Bertz CT molecular complexity index is 3830. The molecule has 0 aliphatic carbocycles. The van der Waals surface area contributed by atoms with Gasteiger partial charge in [0.05, 0.1) is 22.2 Å². The number of hydrogen-bond acceptors (Lipinski definition) is 4. The van der Waals surface area contributed by atoms with E-state index in [2.05, 4.69) is 220 Å². The highest BCUT2D eigenvalue weighted by Crippen LogP contribution is 2.42. The summed E-state index contributed by atoms with van der Waals surface area (Å²) in [5, 5.41) is 3.21. The van der Waals surface area contributed by atoms with Crippen LogP contribution >= 0.6 is 0 Å². The molecular weight excluding hydrogens is 825 g/mol. The number of nitrogens with zero attached hydrogens (tertiary/aromatic N) is 4. The molecule has 0 unspecified atom stereocenters. The topological polar surface area (TPSA) is 51.6 Å². The molecule has 12 rings (SSSR count). The molecule has 12 aromatic rings. The minimum absolute atomic E-state index is 0.667. The van der Waals surface area contributed by atoms with Crippen LogP contribution in [0.25, 0.3) is 122 Å². The highest BCUT2D eigenvalue weighted by molar-refractivity contribution is 6.05. The Hall–Kier alpha value is -8.86. The fourth-order valence-corrected chi connectivity index (χ4v) is 9.79. The van der Waals surface area contributed by atoms with Crippen LogP contribution in [0.3, 0.4) is 0 Å². The number of benzene rings is 9. The highest BCUT2D eigenvalue weighted by Gasteiger charge is 2.20. The Balaban J connectivity index is 1.08. The maximum atomic E-state index is 5.57. The summed E-state index contributed by atoms with van der Waals surface area (Å²) in [6.45, 7) is 4.36. The maximum Gasteiger partial charge on any atom is 0.160 e. The lowest BCUT2D eigenvalue weighted by Crippen LogP contribution is -1.99. The minimum atomic E-state index is 0.667. The fourth-order valence-electron chi connectivity index (χ4n) is 9.79. The van der Waals surface area contributed by atoms with Crippen molar-refractivity contribution >= 4 is 32.7 Å². The second kappa shape index (κ2) is 17.2. The molecule has 0 aliphatic heterocycles. The SMILES string of the molecule is Cc1cc(-c2nc(-c3ccc(-c4cccc5cccnc45)c(C)c3)c3cc(-c4ccc(-c5ccccc5)cc4)cc(-c4ccc(-c5ccccc5)cc4)c3n2)ccc1-c1cccc2cccnc12. The summed E-state index contributed by atoms with van der Waals surface area (Å²) in [4.78, 5) is 20.7. The van der Waals surface area contributed by atoms with Crippen molar-refractivity contribution in [2.24, 2.45) is 0 Å². The third-order valence-corrected chi connectivity index (χ3v) is 13.3. The van der Waals surface area contributed by atoms with E-state index < -0.39 is 0 Å². The molecule has 0 N–H and O–H groups in total. The van der Waals surface area contributed by atoms with Gasteiger partial charge in [-0.1, -0.05) is 182 Å². The standard InChI is InChI=1S/C64H44N4/c1-41-37-51(31-33-54(41)56-21-9-17-49-19-11-35-65-60(49)56)62-59-40-53(47-25-23-45(24-26-47)43-13-5-3-6-14-43)39-58(48-29-27-46(28-30-48)44-15-7-4-8-16-44)63(59)68-64(67-62)52-32-34-55(42(2)38-52)57-22-10-18-50-20-12-36-66-61(50)57/h3-40H,1-2H3. The number of rotatable bonds is 8. The van der Waals surface area contributed by atoms with E-state index >= 15 is 0 Å². The maximum absolute atomic E-state index is 5.57. The second-order valence-electron chi connectivity index (χ2n) is 17.5. The molecule has 0 aliphatic rings. The molecule has 320 valence electrons. The van der Waals surface area contributed by atoms with Crippen LogP contribution in [0.2, 0.25) is 0 Å². The van der Waals surface area contributed by atoms with Crippen LogP contribution < -0.4 is 0 Å². The molecule has 3 heterocycles. The van der Waals surface area contributed by atoms with Crippen LogP contribution in [0, 0.1) is 13.8 Å². The molecule has 0 atom stereocenters. The zero-order valence-corrected chi connectivity index (χ0v) is 37.7. The van der Waals surface area contributed by atoms with Gasteiger partial charge in [-0.15, -0.1) is 0 Å². The molecule has 68 heavy (non-hydrogen) atoms. The van der Waals surface area contributed by atoms with Crippen LogP contribution in [0.15, 0.2) is 231 Å². The Morgan fingerprint density at radius 2 is 0.735 bits per heavy atom. The smallest absolute Gasteiger partial charge is 0.160 e. The van der Waals surface area contributed by atoms with E-state index in [0.717, 1.165) is 111 Å². The van der Waals surface area contributed by atoms with Crippen LogP contribution in [0.4, 0.5) is 0 Å². The van der Waals surface area contributed by atoms with Crippen molar-refractivity contribution in [2.45, 2.75) is 13.8 Å². The van der Waals surface area contributed by atoms with Gasteiger partial charge in [-0.2, -0.15) is 0 Å². The molecule has 3 aromatic heterocycles. The van der Waals surface area contributed by atoms with Crippen LogP contribution in [0.1, 0.15) is 11.1 Å².